The fourth-order valence-corrected chi connectivity index (χ4v) is 1.08. The smallest absolute Gasteiger partial charge is 0.0954 e. The Hall–Kier alpha value is -0.760. The first-order chi connectivity index (χ1) is 5.65. The van der Waals surface area contributed by atoms with Crippen LogP contribution in [0.1, 0.15) is 18.3 Å². The number of hydrogen-bond donors (Lipinski definition) is 0. The van der Waals surface area contributed by atoms with Gasteiger partial charge in [0.1, 0.15) is 0 Å². The molecule has 0 aliphatic heterocycles. The van der Waals surface area contributed by atoms with Gasteiger partial charge in [-0.25, -0.2) is 4.98 Å². The molecule has 1 aromatic rings. The van der Waals surface area contributed by atoms with Crippen molar-refractivity contribution in [2.24, 2.45) is 0 Å². The Kier molecular flexibility index (Phi) is 2.93. The molecule has 1 rings (SSSR count). The Morgan fingerprint density at radius 1 is 1.67 bits per heavy atom. The zero-order valence-corrected chi connectivity index (χ0v) is 8.39. The Bertz CT molecular complexity index is 299. The van der Waals surface area contributed by atoms with Crippen LogP contribution in [0, 0.1) is 13.8 Å². The lowest BCUT2D eigenvalue weighted by molar-refractivity contribution is 0.757. The first-order valence-electron chi connectivity index (χ1n) is 3.89. The van der Waals surface area contributed by atoms with Gasteiger partial charge in [-0.15, -0.1) is 0 Å². The molecule has 0 radical (unpaired) electrons. The molecule has 0 aliphatic carbocycles. The molecule has 66 valence electrons. The molecule has 0 saturated carbocycles. The van der Waals surface area contributed by atoms with Gasteiger partial charge >= 0.3 is 0 Å². The van der Waals surface area contributed by atoms with Gasteiger partial charge in [-0.05, 0) is 26.3 Å². The summed E-state index contributed by atoms with van der Waals surface area (Å²) < 4.78 is 2.09. The molecule has 0 aliphatic rings. The van der Waals surface area contributed by atoms with Crippen molar-refractivity contribution in [1.82, 2.24) is 9.55 Å². The Morgan fingerprint density at radius 2 is 2.33 bits per heavy atom. The lowest BCUT2D eigenvalue weighted by Gasteiger charge is -2.03. The molecule has 0 bridgehead atoms. The fourth-order valence-electron chi connectivity index (χ4n) is 1.01. The van der Waals surface area contributed by atoms with Crippen molar-refractivity contribution >= 4 is 11.6 Å². The van der Waals surface area contributed by atoms with Gasteiger partial charge in [0.15, 0.2) is 0 Å². The van der Waals surface area contributed by atoms with E-state index in [9.17, 15) is 0 Å². The maximum absolute atomic E-state index is 5.57. The summed E-state index contributed by atoms with van der Waals surface area (Å²) in [6.07, 6.45) is 1.84. The van der Waals surface area contributed by atoms with Crippen LogP contribution in [0.25, 0.3) is 0 Å². The van der Waals surface area contributed by atoms with Gasteiger partial charge in [-0.3, -0.25) is 0 Å². The van der Waals surface area contributed by atoms with E-state index < -0.39 is 0 Å². The van der Waals surface area contributed by atoms with Gasteiger partial charge in [-0.2, -0.15) is 0 Å². The molecular weight excluding hydrogens is 172 g/mol. The van der Waals surface area contributed by atoms with E-state index in [1.165, 1.54) is 5.69 Å². The summed E-state index contributed by atoms with van der Waals surface area (Å²) in [7, 11) is 0. The Morgan fingerprint density at radius 3 is 2.75 bits per heavy atom. The number of aryl methyl sites for hydroxylation is 1. The molecule has 0 spiro atoms. The van der Waals surface area contributed by atoms with Crippen molar-refractivity contribution in [2.45, 2.75) is 27.3 Å². The number of rotatable bonds is 2. The molecule has 0 amide bonds. The molecule has 0 fully saturated rings. The largest absolute Gasteiger partial charge is 0.330 e. The number of hydrogen-bond acceptors (Lipinski definition) is 1. The van der Waals surface area contributed by atoms with Crippen LogP contribution in [0.2, 0.25) is 0 Å². The zero-order chi connectivity index (χ0) is 9.14. The topological polar surface area (TPSA) is 17.8 Å². The minimum Gasteiger partial charge on any atom is -0.330 e. The summed E-state index contributed by atoms with van der Waals surface area (Å²) in [5.41, 5.74) is 5.02. The molecule has 1 heterocycles. The van der Waals surface area contributed by atoms with Crippen molar-refractivity contribution in [3.05, 3.63) is 28.8 Å². The average Bonchev–Trinajstić information content (AvgIpc) is 2.36. The maximum atomic E-state index is 5.57. The van der Waals surface area contributed by atoms with E-state index in [1.54, 1.807) is 5.54 Å². The van der Waals surface area contributed by atoms with E-state index in [2.05, 4.69) is 16.5 Å². The highest BCUT2D eigenvalue weighted by molar-refractivity contribution is 6.25. The van der Waals surface area contributed by atoms with Crippen LogP contribution in [-0.2, 0) is 6.54 Å². The standard InChI is InChI=1S/C9H13ClN2/c1-7(4-10)5-12-6-11-8(2)9(12)3/h4,6H,5H2,1-3H3/b7-4+. The van der Waals surface area contributed by atoms with Crippen LogP contribution in [0.4, 0.5) is 0 Å². The third kappa shape index (κ3) is 1.89. The third-order valence-electron chi connectivity index (χ3n) is 1.95. The average molecular weight is 185 g/mol. The Balaban J connectivity index is 2.83. The number of halogens is 1. The van der Waals surface area contributed by atoms with Crippen LogP contribution in [0.3, 0.4) is 0 Å². The molecule has 3 heteroatoms. The van der Waals surface area contributed by atoms with Crippen LogP contribution >= 0.6 is 11.6 Å². The molecular formula is C9H13ClN2. The number of allylic oxidation sites excluding steroid dienone is 1. The highest BCUT2D eigenvalue weighted by Crippen LogP contribution is 2.07. The third-order valence-corrected chi connectivity index (χ3v) is 2.32. The van der Waals surface area contributed by atoms with E-state index in [-0.39, 0.29) is 0 Å². The first kappa shape index (κ1) is 9.33. The van der Waals surface area contributed by atoms with E-state index in [4.69, 9.17) is 11.6 Å². The van der Waals surface area contributed by atoms with Gasteiger partial charge < -0.3 is 4.57 Å². The predicted molar refractivity (Wildman–Crippen MR) is 51.3 cm³/mol. The Labute approximate surface area is 77.9 Å². The summed E-state index contributed by atoms with van der Waals surface area (Å²) in [5, 5.41) is 0. The van der Waals surface area contributed by atoms with Crippen LogP contribution in [0.5, 0.6) is 0 Å². The molecule has 0 unspecified atom stereocenters. The van der Waals surface area contributed by atoms with Crippen LogP contribution in [0.15, 0.2) is 17.4 Å². The predicted octanol–water partition coefficient (Wildman–Crippen LogP) is 2.64. The van der Waals surface area contributed by atoms with Crippen LogP contribution < -0.4 is 0 Å². The van der Waals surface area contributed by atoms with Crippen molar-refractivity contribution < 1.29 is 0 Å². The van der Waals surface area contributed by atoms with Crippen molar-refractivity contribution in [3.63, 3.8) is 0 Å². The lowest BCUT2D eigenvalue weighted by Crippen LogP contribution is -1.99. The minimum absolute atomic E-state index is 0.830. The second kappa shape index (κ2) is 3.76. The van der Waals surface area contributed by atoms with Gasteiger partial charge in [0.2, 0.25) is 0 Å². The van der Waals surface area contributed by atoms with E-state index in [0.29, 0.717) is 0 Å². The molecule has 0 saturated heterocycles. The normalized spacial score (nSPS) is 12.2. The lowest BCUT2D eigenvalue weighted by atomic mass is 10.3. The highest BCUT2D eigenvalue weighted by Gasteiger charge is 2.01. The van der Waals surface area contributed by atoms with E-state index in [1.807, 2.05) is 20.2 Å². The van der Waals surface area contributed by atoms with Crippen molar-refractivity contribution in [3.8, 4) is 0 Å². The number of nitrogens with zero attached hydrogens (tertiary/aromatic N) is 2. The molecule has 12 heavy (non-hydrogen) atoms. The summed E-state index contributed by atoms with van der Waals surface area (Å²) >= 11 is 5.57. The molecule has 2 nitrogen and oxygen atoms in total. The molecule has 0 aromatic carbocycles. The first-order valence-corrected chi connectivity index (χ1v) is 4.33. The molecule has 0 atom stereocenters. The zero-order valence-electron chi connectivity index (χ0n) is 7.63. The summed E-state index contributed by atoms with van der Waals surface area (Å²) in [6, 6.07) is 0. The second-order valence-electron chi connectivity index (χ2n) is 3.00. The summed E-state index contributed by atoms with van der Waals surface area (Å²) in [6.45, 7) is 6.90. The minimum atomic E-state index is 0.830. The van der Waals surface area contributed by atoms with Crippen molar-refractivity contribution in [1.29, 1.82) is 0 Å². The number of imidazole rings is 1. The van der Waals surface area contributed by atoms with E-state index >= 15 is 0 Å². The number of aromatic nitrogens is 2. The molecule has 1 aromatic heterocycles. The van der Waals surface area contributed by atoms with Gasteiger partial charge in [0, 0.05) is 17.8 Å². The second-order valence-corrected chi connectivity index (χ2v) is 3.22. The van der Waals surface area contributed by atoms with Crippen LogP contribution in [-0.4, -0.2) is 9.55 Å². The summed E-state index contributed by atoms with van der Waals surface area (Å²) in [5.74, 6) is 0. The SMILES string of the molecule is C/C(=C\Cl)Cn1cnc(C)c1C. The quantitative estimate of drug-likeness (QED) is 0.691. The summed E-state index contributed by atoms with van der Waals surface area (Å²) in [4.78, 5) is 4.20. The van der Waals surface area contributed by atoms with Gasteiger partial charge in [0.25, 0.3) is 0 Å². The maximum Gasteiger partial charge on any atom is 0.0954 e. The van der Waals surface area contributed by atoms with E-state index in [0.717, 1.165) is 17.8 Å². The van der Waals surface area contributed by atoms with Gasteiger partial charge in [0.05, 0.1) is 12.0 Å². The molecule has 0 N–H and O–H groups in total. The van der Waals surface area contributed by atoms with Crippen molar-refractivity contribution in [2.75, 3.05) is 0 Å². The monoisotopic (exact) mass is 184 g/mol. The van der Waals surface area contributed by atoms with Gasteiger partial charge in [-0.1, -0.05) is 11.6 Å². The highest BCUT2D eigenvalue weighted by atomic mass is 35.5. The fraction of sp³-hybridized carbons (Fsp3) is 0.444.